The molecule has 9 rings (SSSR count). The lowest BCUT2D eigenvalue weighted by molar-refractivity contribution is -0.109. The van der Waals surface area contributed by atoms with Crippen molar-refractivity contribution in [2.45, 2.75) is 114 Å². The van der Waals surface area contributed by atoms with Gasteiger partial charge < -0.3 is 24.3 Å². The van der Waals surface area contributed by atoms with Crippen LogP contribution in [0.1, 0.15) is 111 Å². The Balaban J connectivity index is 0.839. The molecule has 4 heterocycles. The third-order valence-corrected chi connectivity index (χ3v) is 17.3. The van der Waals surface area contributed by atoms with Crippen LogP contribution in [0.3, 0.4) is 0 Å². The lowest BCUT2D eigenvalue weighted by Crippen LogP contribution is -2.50. The van der Waals surface area contributed by atoms with E-state index in [1.807, 2.05) is 29.0 Å². The molecule has 2 unspecified atom stereocenters. The lowest BCUT2D eigenvalue weighted by atomic mass is 9.85. The summed E-state index contributed by atoms with van der Waals surface area (Å²) in [4.78, 5) is 45.5. The van der Waals surface area contributed by atoms with E-state index >= 15 is 0 Å². The fourth-order valence-corrected chi connectivity index (χ4v) is 13.0. The van der Waals surface area contributed by atoms with Crippen molar-refractivity contribution >= 4 is 93.1 Å². The van der Waals surface area contributed by atoms with Crippen LogP contribution in [0.2, 0.25) is 5.02 Å². The predicted octanol–water partition coefficient (Wildman–Crippen LogP) is 12.6. The number of piperidine rings is 2. The number of benzene rings is 4. The average molecular weight is 933 g/mol. The van der Waals surface area contributed by atoms with Gasteiger partial charge in [-0.25, -0.2) is 4.31 Å². The van der Waals surface area contributed by atoms with Gasteiger partial charge >= 0.3 is 0 Å². The summed E-state index contributed by atoms with van der Waals surface area (Å²) in [5.74, 6) is 0.664. The standard InChI is InChI=1S/C52H58ClN5O5S2/c1-6-9-34(3)57(32-61)43-16-15-40(41-13-7-10-33(2)46(41)43)35-18-23-56(24-19-35)50-55-42-29-37(14-17-44(42)63-50)52(21-22-52)65-58-25-20-39(30-51(58,4)5)54-38-12-8-11-36(28-38)49-47(53)48(62-27-26-59)45(31-60)64-49/h7-8,10-17,26,28-29,31-32,34-35,39,54H,6,9,18-25,27,30H2,1-5H3. The van der Waals surface area contributed by atoms with Crippen molar-refractivity contribution in [2.75, 3.05) is 41.4 Å². The first kappa shape index (κ1) is 45.3. The van der Waals surface area contributed by atoms with Gasteiger partial charge in [-0.3, -0.25) is 14.4 Å². The van der Waals surface area contributed by atoms with Crippen LogP contribution < -0.4 is 19.9 Å². The topological polar surface area (TPSA) is 108 Å². The zero-order chi connectivity index (χ0) is 45.5. The number of hydrogen-bond acceptors (Lipinski definition) is 11. The number of carbonyl (C=O) groups excluding carboxylic acids is 3. The molecule has 2 aromatic heterocycles. The number of aromatic nitrogens is 1. The fourth-order valence-electron chi connectivity index (χ4n) is 10.2. The van der Waals surface area contributed by atoms with Crippen molar-refractivity contribution in [3.8, 4) is 16.2 Å². The van der Waals surface area contributed by atoms with Crippen molar-refractivity contribution in [1.82, 2.24) is 9.29 Å². The van der Waals surface area contributed by atoms with Gasteiger partial charge in [0.05, 0.1) is 15.3 Å². The van der Waals surface area contributed by atoms with Crippen LogP contribution in [0.15, 0.2) is 77.2 Å². The molecule has 2 saturated heterocycles. The molecule has 1 aliphatic carbocycles. The van der Waals surface area contributed by atoms with E-state index in [9.17, 15) is 14.4 Å². The molecule has 6 aromatic rings. The van der Waals surface area contributed by atoms with Crippen LogP contribution >= 0.6 is 34.9 Å². The maximum absolute atomic E-state index is 12.4. The highest BCUT2D eigenvalue weighted by molar-refractivity contribution is 7.98. The maximum atomic E-state index is 12.4. The number of amides is 1. The van der Waals surface area contributed by atoms with Crippen LogP contribution in [0, 0.1) is 6.92 Å². The van der Waals surface area contributed by atoms with Crippen molar-refractivity contribution in [3.05, 3.63) is 99.4 Å². The Morgan fingerprint density at radius 2 is 1.83 bits per heavy atom. The summed E-state index contributed by atoms with van der Waals surface area (Å²) in [6, 6.07) is 26.8. The van der Waals surface area contributed by atoms with Gasteiger partial charge in [0.2, 0.25) is 6.41 Å². The molecule has 0 bridgehead atoms. The van der Waals surface area contributed by atoms with Crippen molar-refractivity contribution < 1.29 is 23.5 Å². The van der Waals surface area contributed by atoms with Crippen LogP contribution in [0.5, 0.6) is 5.75 Å². The van der Waals surface area contributed by atoms with E-state index in [0.717, 1.165) is 117 Å². The summed E-state index contributed by atoms with van der Waals surface area (Å²) in [5, 5.41) is 6.58. The summed E-state index contributed by atoms with van der Waals surface area (Å²) in [6.45, 7) is 13.7. The van der Waals surface area contributed by atoms with Crippen molar-refractivity contribution in [1.29, 1.82) is 0 Å². The Hall–Kier alpha value is -4.88. The Labute approximate surface area is 395 Å². The number of thiophene rings is 1. The van der Waals surface area contributed by atoms with E-state index in [0.29, 0.717) is 28.1 Å². The number of aryl methyl sites for hydroxylation is 1. The largest absolute Gasteiger partial charge is 0.483 e. The molecule has 1 amide bonds. The molecule has 65 heavy (non-hydrogen) atoms. The first-order chi connectivity index (χ1) is 31.4. The highest BCUT2D eigenvalue weighted by atomic mass is 35.5. The van der Waals surface area contributed by atoms with Crippen LogP contribution in [0.25, 0.3) is 32.3 Å². The summed E-state index contributed by atoms with van der Waals surface area (Å²) >= 11 is 9.94. The van der Waals surface area contributed by atoms with E-state index in [4.69, 9.17) is 25.7 Å². The quantitative estimate of drug-likeness (QED) is 0.0701. The van der Waals surface area contributed by atoms with Gasteiger partial charge in [-0.15, -0.1) is 11.3 Å². The van der Waals surface area contributed by atoms with Crippen LogP contribution in [-0.4, -0.2) is 72.1 Å². The minimum Gasteiger partial charge on any atom is -0.483 e. The number of fused-ring (bicyclic) bond motifs is 2. The Morgan fingerprint density at radius 3 is 2.55 bits per heavy atom. The number of aldehydes is 2. The van der Waals surface area contributed by atoms with Gasteiger partial charge in [0, 0.05) is 48.3 Å². The minimum absolute atomic E-state index is 0.0274. The second kappa shape index (κ2) is 18.8. The number of anilines is 3. The van der Waals surface area contributed by atoms with Crippen molar-refractivity contribution in [3.63, 3.8) is 0 Å². The molecular formula is C52H58ClN5O5S2. The van der Waals surface area contributed by atoms with Gasteiger partial charge in [-0.05, 0) is 137 Å². The van der Waals surface area contributed by atoms with Crippen LogP contribution in [0.4, 0.5) is 17.4 Å². The molecule has 0 radical (unpaired) electrons. The van der Waals surface area contributed by atoms with E-state index in [2.05, 4.69) is 110 Å². The molecule has 1 N–H and O–H groups in total. The number of ether oxygens (including phenoxy) is 1. The van der Waals surface area contributed by atoms with Gasteiger partial charge in [0.1, 0.15) is 22.0 Å². The second-order valence-electron chi connectivity index (χ2n) is 18.7. The number of nitrogens with zero attached hydrogens (tertiary/aromatic N) is 4. The molecule has 3 aliphatic rings. The number of rotatable bonds is 17. The molecule has 1 saturated carbocycles. The third-order valence-electron chi connectivity index (χ3n) is 13.8. The van der Waals surface area contributed by atoms with Crippen molar-refractivity contribution in [2.24, 2.45) is 0 Å². The van der Waals surface area contributed by atoms with Gasteiger partial charge in [-0.1, -0.05) is 79.4 Å². The SMILES string of the molecule is CCCC(C)N(C=O)c1ccc(C2CCN(c3nc4cc(C5(SN6CCC(Nc7cccc(-c8sc(C=O)c(OCC=O)c8Cl)c7)CC6(C)C)CC5)ccc4o3)CC2)c2cccc(C)c12. The van der Waals surface area contributed by atoms with Crippen LogP contribution in [-0.2, 0) is 14.3 Å². The number of carbonyl (C=O) groups is 3. The lowest BCUT2D eigenvalue weighted by Gasteiger charge is -2.46. The molecule has 340 valence electrons. The molecule has 2 atom stereocenters. The Kier molecular flexibility index (Phi) is 13.1. The second-order valence-corrected chi connectivity index (χ2v) is 21.5. The molecule has 0 spiro atoms. The number of halogens is 1. The highest BCUT2D eigenvalue weighted by Gasteiger charge is 2.50. The first-order valence-corrected chi connectivity index (χ1v) is 25.0. The summed E-state index contributed by atoms with van der Waals surface area (Å²) in [7, 11) is 0. The van der Waals surface area contributed by atoms with E-state index in [-0.39, 0.29) is 34.7 Å². The van der Waals surface area contributed by atoms with Gasteiger partial charge in [0.15, 0.2) is 23.9 Å². The third kappa shape index (κ3) is 9.03. The molecule has 10 nitrogen and oxygen atoms in total. The van der Waals surface area contributed by atoms with Gasteiger partial charge in [0.25, 0.3) is 6.01 Å². The monoisotopic (exact) mass is 931 g/mol. The number of nitrogens with one attached hydrogen (secondary N) is 1. The van der Waals surface area contributed by atoms with E-state index in [1.54, 1.807) is 0 Å². The predicted molar refractivity (Wildman–Crippen MR) is 267 cm³/mol. The molecule has 2 aliphatic heterocycles. The molecular weight excluding hydrogens is 874 g/mol. The smallest absolute Gasteiger partial charge is 0.298 e. The zero-order valence-corrected chi connectivity index (χ0v) is 40.3. The Bertz CT molecular complexity index is 2720. The number of oxazole rings is 1. The van der Waals surface area contributed by atoms with E-state index < -0.39 is 0 Å². The highest BCUT2D eigenvalue weighted by Crippen LogP contribution is 2.60. The normalized spacial score (nSPS) is 19.0. The molecule has 3 fully saturated rings. The van der Waals surface area contributed by atoms with E-state index in [1.165, 1.54) is 38.8 Å². The summed E-state index contributed by atoms with van der Waals surface area (Å²) < 4.78 is 14.6. The minimum atomic E-state index is -0.163. The number of hydrogen-bond donors (Lipinski definition) is 1. The average Bonchev–Trinajstić information content (AvgIpc) is 3.85. The Morgan fingerprint density at radius 1 is 1.03 bits per heavy atom. The zero-order valence-electron chi connectivity index (χ0n) is 37.9. The fraction of sp³-hybridized carbons (Fsp3) is 0.423. The molecule has 13 heteroatoms. The summed E-state index contributed by atoms with van der Waals surface area (Å²) in [5.41, 5.74) is 8.45. The molecule has 4 aromatic carbocycles. The van der Waals surface area contributed by atoms with Gasteiger partial charge in [-0.2, -0.15) is 4.98 Å². The first-order valence-electron chi connectivity index (χ1n) is 23.0. The maximum Gasteiger partial charge on any atom is 0.298 e. The summed E-state index contributed by atoms with van der Waals surface area (Å²) in [6.07, 6.45) is 10.6.